The third-order valence-electron chi connectivity index (χ3n) is 2.73. The third-order valence-corrected chi connectivity index (χ3v) is 2.73. The molecule has 17 heavy (non-hydrogen) atoms. The molecular weight excluding hydrogens is 229 g/mol. The van der Waals surface area contributed by atoms with E-state index in [1.807, 2.05) is 0 Å². The standard InChI is InChI=1S/C12H11F3N2/c1-6-4-10-11(5-9(6)12(13,14)15)17-8(3)7(2)16-10/h4-5H,1-3H3. The maximum absolute atomic E-state index is 12.7. The van der Waals surface area contributed by atoms with Gasteiger partial charge in [0.2, 0.25) is 0 Å². The summed E-state index contributed by atoms with van der Waals surface area (Å²) in [5.74, 6) is 0. The highest BCUT2D eigenvalue weighted by Gasteiger charge is 2.32. The van der Waals surface area contributed by atoms with E-state index in [9.17, 15) is 13.2 Å². The Labute approximate surface area is 96.5 Å². The smallest absolute Gasteiger partial charge is 0.250 e. The zero-order valence-electron chi connectivity index (χ0n) is 9.68. The Balaban J connectivity index is 2.76. The minimum atomic E-state index is -4.35. The van der Waals surface area contributed by atoms with Crippen molar-refractivity contribution in [2.75, 3.05) is 0 Å². The first-order valence-electron chi connectivity index (χ1n) is 5.12. The van der Waals surface area contributed by atoms with Crippen molar-refractivity contribution in [3.63, 3.8) is 0 Å². The molecule has 1 heterocycles. The molecule has 0 bridgehead atoms. The predicted octanol–water partition coefficient (Wildman–Crippen LogP) is 3.57. The number of aromatic nitrogens is 2. The lowest BCUT2D eigenvalue weighted by molar-refractivity contribution is -0.137. The van der Waals surface area contributed by atoms with Crippen molar-refractivity contribution < 1.29 is 13.2 Å². The third kappa shape index (κ3) is 2.09. The van der Waals surface area contributed by atoms with Crippen molar-refractivity contribution in [2.45, 2.75) is 26.9 Å². The maximum Gasteiger partial charge on any atom is 0.416 e. The molecule has 2 aromatic rings. The molecule has 0 unspecified atom stereocenters. The van der Waals surface area contributed by atoms with E-state index in [2.05, 4.69) is 9.97 Å². The monoisotopic (exact) mass is 240 g/mol. The lowest BCUT2D eigenvalue weighted by Gasteiger charge is -2.11. The molecule has 0 fully saturated rings. The van der Waals surface area contributed by atoms with Crippen LogP contribution >= 0.6 is 0 Å². The molecule has 2 rings (SSSR count). The van der Waals surface area contributed by atoms with Gasteiger partial charge in [0.25, 0.3) is 0 Å². The van der Waals surface area contributed by atoms with Crippen molar-refractivity contribution in [2.24, 2.45) is 0 Å². The van der Waals surface area contributed by atoms with Crippen LogP contribution in [0.4, 0.5) is 13.2 Å². The van der Waals surface area contributed by atoms with Crippen LogP contribution in [0.2, 0.25) is 0 Å². The Bertz CT molecular complexity index is 588. The molecule has 90 valence electrons. The summed E-state index contributed by atoms with van der Waals surface area (Å²) in [6, 6.07) is 2.49. The number of aryl methyl sites for hydroxylation is 3. The molecule has 1 aromatic carbocycles. The predicted molar refractivity (Wildman–Crippen MR) is 58.8 cm³/mol. The normalized spacial score (nSPS) is 12.1. The zero-order valence-corrected chi connectivity index (χ0v) is 9.68. The molecule has 0 radical (unpaired) electrons. The summed E-state index contributed by atoms with van der Waals surface area (Å²) in [7, 11) is 0. The Morgan fingerprint density at radius 2 is 1.35 bits per heavy atom. The Morgan fingerprint density at radius 3 is 1.82 bits per heavy atom. The largest absolute Gasteiger partial charge is 0.416 e. The van der Waals surface area contributed by atoms with Gasteiger partial charge in [0.1, 0.15) is 0 Å². The molecule has 0 amide bonds. The first-order valence-corrected chi connectivity index (χ1v) is 5.12. The first kappa shape index (κ1) is 11.8. The van der Waals surface area contributed by atoms with Crippen LogP contribution < -0.4 is 0 Å². The summed E-state index contributed by atoms with van der Waals surface area (Å²) < 4.78 is 38.1. The summed E-state index contributed by atoms with van der Waals surface area (Å²) in [5.41, 5.74) is 1.68. The molecule has 0 spiro atoms. The zero-order chi connectivity index (χ0) is 12.8. The number of nitrogens with zero attached hydrogens (tertiary/aromatic N) is 2. The van der Waals surface area contributed by atoms with Crippen LogP contribution in [0.15, 0.2) is 12.1 Å². The highest BCUT2D eigenvalue weighted by molar-refractivity contribution is 5.76. The topological polar surface area (TPSA) is 25.8 Å². The summed E-state index contributed by atoms with van der Waals surface area (Å²) >= 11 is 0. The summed E-state index contributed by atoms with van der Waals surface area (Å²) in [5, 5.41) is 0. The van der Waals surface area contributed by atoms with Crippen LogP contribution in [0.25, 0.3) is 11.0 Å². The number of benzene rings is 1. The number of alkyl halides is 3. The van der Waals surface area contributed by atoms with E-state index in [0.29, 0.717) is 11.2 Å². The molecule has 0 aliphatic heterocycles. The Hall–Kier alpha value is -1.65. The molecule has 5 heteroatoms. The van der Waals surface area contributed by atoms with Crippen LogP contribution in [-0.4, -0.2) is 9.97 Å². The van der Waals surface area contributed by atoms with Gasteiger partial charge in [0, 0.05) is 0 Å². The maximum atomic E-state index is 12.7. The van der Waals surface area contributed by atoms with Gasteiger partial charge >= 0.3 is 6.18 Å². The molecule has 0 saturated carbocycles. The van der Waals surface area contributed by atoms with Crippen molar-refractivity contribution in [3.8, 4) is 0 Å². The van der Waals surface area contributed by atoms with E-state index in [1.165, 1.54) is 13.0 Å². The fraction of sp³-hybridized carbons (Fsp3) is 0.333. The molecule has 0 aliphatic carbocycles. The van der Waals surface area contributed by atoms with Gasteiger partial charge in [0.05, 0.1) is 28.0 Å². The number of hydrogen-bond acceptors (Lipinski definition) is 2. The van der Waals surface area contributed by atoms with Crippen LogP contribution in [0.1, 0.15) is 22.5 Å². The first-order chi connectivity index (χ1) is 7.79. The second kappa shape index (κ2) is 3.68. The van der Waals surface area contributed by atoms with E-state index in [0.717, 1.165) is 11.8 Å². The second-order valence-electron chi connectivity index (χ2n) is 4.05. The molecule has 0 saturated heterocycles. The van der Waals surface area contributed by atoms with Crippen molar-refractivity contribution >= 4 is 11.0 Å². The summed E-state index contributed by atoms with van der Waals surface area (Å²) in [4.78, 5) is 8.36. The summed E-state index contributed by atoms with van der Waals surface area (Å²) in [6.07, 6.45) is -4.35. The fourth-order valence-corrected chi connectivity index (χ4v) is 1.69. The number of hydrogen-bond donors (Lipinski definition) is 0. The van der Waals surface area contributed by atoms with E-state index in [4.69, 9.17) is 0 Å². The van der Waals surface area contributed by atoms with E-state index in [1.54, 1.807) is 13.8 Å². The Kier molecular flexibility index (Phi) is 2.56. The lowest BCUT2D eigenvalue weighted by atomic mass is 10.1. The van der Waals surface area contributed by atoms with Crippen molar-refractivity contribution in [1.82, 2.24) is 9.97 Å². The number of fused-ring (bicyclic) bond motifs is 1. The van der Waals surface area contributed by atoms with E-state index in [-0.39, 0.29) is 11.1 Å². The summed E-state index contributed by atoms with van der Waals surface area (Å²) in [6.45, 7) is 4.95. The average molecular weight is 240 g/mol. The fourth-order valence-electron chi connectivity index (χ4n) is 1.69. The van der Waals surface area contributed by atoms with Crippen LogP contribution in [0.5, 0.6) is 0 Å². The van der Waals surface area contributed by atoms with Gasteiger partial charge in [0.15, 0.2) is 0 Å². The molecule has 0 atom stereocenters. The van der Waals surface area contributed by atoms with Gasteiger partial charge in [-0.2, -0.15) is 13.2 Å². The number of rotatable bonds is 0. The van der Waals surface area contributed by atoms with Crippen LogP contribution in [0.3, 0.4) is 0 Å². The molecule has 0 aliphatic rings. The molecular formula is C12H11F3N2. The van der Waals surface area contributed by atoms with Gasteiger partial charge in [-0.15, -0.1) is 0 Å². The second-order valence-corrected chi connectivity index (χ2v) is 4.05. The van der Waals surface area contributed by atoms with Crippen LogP contribution in [0, 0.1) is 20.8 Å². The molecule has 2 nitrogen and oxygen atoms in total. The minimum Gasteiger partial charge on any atom is -0.250 e. The molecule has 1 aromatic heterocycles. The highest BCUT2D eigenvalue weighted by Crippen LogP contribution is 2.33. The average Bonchev–Trinajstić information content (AvgIpc) is 2.18. The van der Waals surface area contributed by atoms with Gasteiger partial charge < -0.3 is 0 Å². The van der Waals surface area contributed by atoms with Gasteiger partial charge in [-0.05, 0) is 38.5 Å². The van der Waals surface area contributed by atoms with Crippen molar-refractivity contribution in [1.29, 1.82) is 0 Å². The van der Waals surface area contributed by atoms with Gasteiger partial charge in [-0.25, -0.2) is 9.97 Å². The minimum absolute atomic E-state index is 0.169. The molecule has 0 N–H and O–H groups in total. The highest BCUT2D eigenvalue weighted by atomic mass is 19.4. The lowest BCUT2D eigenvalue weighted by Crippen LogP contribution is -2.08. The quantitative estimate of drug-likeness (QED) is 0.703. The van der Waals surface area contributed by atoms with E-state index >= 15 is 0 Å². The number of halogens is 3. The van der Waals surface area contributed by atoms with Gasteiger partial charge in [-0.3, -0.25) is 0 Å². The van der Waals surface area contributed by atoms with E-state index < -0.39 is 11.7 Å². The van der Waals surface area contributed by atoms with Crippen molar-refractivity contribution in [3.05, 3.63) is 34.6 Å². The van der Waals surface area contributed by atoms with Gasteiger partial charge in [-0.1, -0.05) is 0 Å². The Morgan fingerprint density at radius 1 is 0.882 bits per heavy atom. The SMILES string of the molecule is Cc1cc2nc(C)c(C)nc2cc1C(F)(F)F. The van der Waals surface area contributed by atoms with Crippen LogP contribution in [-0.2, 0) is 6.18 Å².